The minimum absolute atomic E-state index is 0.106. The summed E-state index contributed by atoms with van der Waals surface area (Å²) < 4.78 is 4.65. The summed E-state index contributed by atoms with van der Waals surface area (Å²) in [4.78, 5) is 19.7. The first-order valence-corrected chi connectivity index (χ1v) is 7.07. The minimum Gasteiger partial charge on any atom is -0.463 e. The first-order valence-electron chi connectivity index (χ1n) is 7.07. The van der Waals surface area contributed by atoms with Gasteiger partial charge in [-0.15, -0.1) is 0 Å². The first kappa shape index (κ1) is 14.7. The van der Waals surface area contributed by atoms with E-state index in [0.29, 0.717) is 5.82 Å². The summed E-state index contributed by atoms with van der Waals surface area (Å²) in [5.74, 6) is 1.00. The number of aromatic nitrogens is 2. The zero-order chi connectivity index (χ0) is 14.4. The first-order chi connectivity index (χ1) is 9.69. The Hall–Kier alpha value is -1.69. The lowest BCUT2D eigenvalue weighted by atomic mass is 9.96. The minimum atomic E-state index is -0.506. The van der Waals surface area contributed by atoms with E-state index >= 15 is 0 Å². The molecule has 6 heteroatoms. The van der Waals surface area contributed by atoms with Crippen molar-refractivity contribution in [1.29, 1.82) is 0 Å². The van der Waals surface area contributed by atoms with Crippen LogP contribution in [0.2, 0.25) is 0 Å². The lowest BCUT2D eigenvalue weighted by Crippen LogP contribution is -2.30. The highest BCUT2D eigenvalue weighted by atomic mass is 16.5. The Morgan fingerprint density at radius 2 is 2.40 bits per heavy atom. The smallest absolute Gasteiger partial charge is 0.376 e. The van der Waals surface area contributed by atoms with Crippen molar-refractivity contribution >= 4 is 11.8 Å². The van der Waals surface area contributed by atoms with Gasteiger partial charge in [-0.25, -0.2) is 14.8 Å². The number of nitrogens with one attached hydrogen (secondary N) is 2. The zero-order valence-electron chi connectivity index (χ0n) is 12.1. The number of methoxy groups -OCH3 is 1. The third-order valence-electron chi connectivity index (χ3n) is 3.48. The van der Waals surface area contributed by atoms with Gasteiger partial charge in [-0.05, 0) is 45.2 Å². The number of rotatable bonds is 5. The standard InChI is InChI=1S/C14H22N4O2/c1-10-8-12(18-13(17-10)14(19)20-2)16-7-5-11-4-3-6-15-9-11/h8,11,15H,3-7,9H2,1-2H3,(H,16,17,18). The Balaban J connectivity index is 1.88. The molecule has 0 spiro atoms. The quantitative estimate of drug-likeness (QED) is 0.792. The Morgan fingerprint density at radius 1 is 1.55 bits per heavy atom. The van der Waals surface area contributed by atoms with Crippen LogP contribution in [0.4, 0.5) is 5.82 Å². The van der Waals surface area contributed by atoms with Crippen LogP contribution in [0.5, 0.6) is 0 Å². The molecule has 0 radical (unpaired) electrons. The molecular weight excluding hydrogens is 256 g/mol. The van der Waals surface area contributed by atoms with Crippen LogP contribution in [0, 0.1) is 12.8 Å². The van der Waals surface area contributed by atoms with E-state index in [9.17, 15) is 4.79 Å². The fourth-order valence-corrected chi connectivity index (χ4v) is 2.42. The monoisotopic (exact) mass is 278 g/mol. The van der Waals surface area contributed by atoms with E-state index in [1.807, 2.05) is 13.0 Å². The van der Waals surface area contributed by atoms with Crippen molar-refractivity contribution in [2.45, 2.75) is 26.2 Å². The lowest BCUT2D eigenvalue weighted by molar-refractivity contribution is 0.0586. The highest BCUT2D eigenvalue weighted by Crippen LogP contribution is 2.14. The van der Waals surface area contributed by atoms with Crippen molar-refractivity contribution in [1.82, 2.24) is 15.3 Å². The predicted molar refractivity (Wildman–Crippen MR) is 76.8 cm³/mol. The number of hydrogen-bond donors (Lipinski definition) is 2. The van der Waals surface area contributed by atoms with Crippen molar-refractivity contribution < 1.29 is 9.53 Å². The van der Waals surface area contributed by atoms with Gasteiger partial charge in [0.25, 0.3) is 0 Å². The van der Waals surface area contributed by atoms with Gasteiger partial charge in [0.05, 0.1) is 7.11 Å². The third kappa shape index (κ3) is 4.16. The molecule has 2 rings (SSSR count). The molecule has 110 valence electrons. The van der Waals surface area contributed by atoms with Crippen LogP contribution in [-0.4, -0.2) is 42.7 Å². The number of carbonyl (C=O) groups is 1. The molecule has 1 fully saturated rings. The van der Waals surface area contributed by atoms with Gasteiger partial charge < -0.3 is 15.4 Å². The summed E-state index contributed by atoms with van der Waals surface area (Å²) >= 11 is 0. The van der Waals surface area contributed by atoms with Gasteiger partial charge in [0.2, 0.25) is 5.82 Å². The molecule has 0 saturated carbocycles. The van der Waals surface area contributed by atoms with E-state index in [4.69, 9.17) is 0 Å². The van der Waals surface area contributed by atoms with Crippen LogP contribution in [0.3, 0.4) is 0 Å². The Bertz CT molecular complexity index is 458. The number of piperidine rings is 1. The van der Waals surface area contributed by atoms with E-state index in [1.165, 1.54) is 20.0 Å². The summed E-state index contributed by atoms with van der Waals surface area (Å²) in [6.07, 6.45) is 3.64. The topological polar surface area (TPSA) is 76.1 Å². The molecule has 1 aliphatic rings. The second kappa shape index (κ2) is 7.19. The normalized spacial score (nSPS) is 18.6. The van der Waals surface area contributed by atoms with Crippen molar-refractivity contribution in [3.63, 3.8) is 0 Å². The highest BCUT2D eigenvalue weighted by molar-refractivity contribution is 5.85. The van der Waals surface area contributed by atoms with Gasteiger partial charge in [0.1, 0.15) is 5.82 Å². The number of esters is 1. The Morgan fingerprint density at radius 3 is 3.10 bits per heavy atom. The van der Waals surface area contributed by atoms with Crippen LogP contribution in [0.25, 0.3) is 0 Å². The number of hydrogen-bond acceptors (Lipinski definition) is 6. The second-order valence-corrected chi connectivity index (χ2v) is 5.14. The second-order valence-electron chi connectivity index (χ2n) is 5.14. The number of aryl methyl sites for hydroxylation is 1. The van der Waals surface area contributed by atoms with Crippen molar-refractivity contribution in [2.75, 3.05) is 32.1 Å². The molecule has 0 aromatic carbocycles. The van der Waals surface area contributed by atoms with Crippen LogP contribution in [0.1, 0.15) is 35.6 Å². The molecular formula is C14H22N4O2. The van der Waals surface area contributed by atoms with Crippen LogP contribution >= 0.6 is 0 Å². The zero-order valence-corrected chi connectivity index (χ0v) is 12.1. The van der Waals surface area contributed by atoms with Gasteiger partial charge >= 0.3 is 5.97 Å². The van der Waals surface area contributed by atoms with Crippen molar-refractivity contribution in [2.24, 2.45) is 5.92 Å². The number of ether oxygens (including phenoxy) is 1. The van der Waals surface area contributed by atoms with E-state index in [1.54, 1.807) is 0 Å². The van der Waals surface area contributed by atoms with E-state index in [-0.39, 0.29) is 5.82 Å². The molecule has 2 heterocycles. The summed E-state index contributed by atoms with van der Waals surface area (Å²) in [5.41, 5.74) is 0.752. The van der Waals surface area contributed by atoms with Crippen LogP contribution in [0.15, 0.2) is 6.07 Å². The van der Waals surface area contributed by atoms with Gasteiger partial charge in [-0.1, -0.05) is 0 Å². The Labute approximate surface area is 119 Å². The third-order valence-corrected chi connectivity index (χ3v) is 3.48. The molecule has 1 aromatic rings. The SMILES string of the molecule is COC(=O)c1nc(C)cc(NCCC2CCCNC2)n1. The molecule has 1 unspecified atom stereocenters. The Kier molecular flexibility index (Phi) is 5.29. The van der Waals surface area contributed by atoms with Gasteiger partial charge in [-0.2, -0.15) is 0 Å². The summed E-state index contributed by atoms with van der Waals surface area (Å²) in [7, 11) is 1.33. The molecule has 2 N–H and O–H groups in total. The van der Waals surface area contributed by atoms with Crippen LogP contribution < -0.4 is 10.6 Å². The van der Waals surface area contributed by atoms with Crippen molar-refractivity contribution in [3.05, 3.63) is 17.6 Å². The average molecular weight is 278 g/mol. The molecule has 20 heavy (non-hydrogen) atoms. The van der Waals surface area contributed by atoms with Gasteiger partial charge in [0, 0.05) is 18.3 Å². The predicted octanol–water partition coefficient (Wildman–Crippen LogP) is 1.37. The van der Waals surface area contributed by atoms with Gasteiger partial charge in [0.15, 0.2) is 0 Å². The van der Waals surface area contributed by atoms with Crippen molar-refractivity contribution in [3.8, 4) is 0 Å². The molecule has 0 bridgehead atoms. The molecule has 1 atom stereocenters. The highest BCUT2D eigenvalue weighted by Gasteiger charge is 2.14. The molecule has 1 aliphatic heterocycles. The number of carbonyl (C=O) groups excluding carboxylic acids is 1. The molecule has 6 nitrogen and oxygen atoms in total. The maximum Gasteiger partial charge on any atom is 0.376 e. The summed E-state index contributed by atoms with van der Waals surface area (Å²) in [6, 6.07) is 1.84. The summed E-state index contributed by atoms with van der Waals surface area (Å²) in [5, 5.41) is 6.68. The van der Waals surface area contributed by atoms with Gasteiger partial charge in [-0.3, -0.25) is 0 Å². The lowest BCUT2D eigenvalue weighted by Gasteiger charge is -2.22. The largest absolute Gasteiger partial charge is 0.463 e. The molecule has 0 amide bonds. The maximum absolute atomic E-state index is 11.5. The van der Waals surface area contributed by atoms with Crippen LogP contribution in [-0.2, 0) is 4.74 Å². The molecule has 0 aliphatic carbocycles. The van der Waals surface area contributed by atoms with E-state index in [2.05, 4.69) is 25.3 Å². The molecule has 1 saturated heterocycles. The summed E-state index contributed by atoms with van der Waals surface area (Å²) in [6.45, 7) is 4.92. The average Bonchev–Trinajstić information content (AvgIpc) is 2.47. The number of nitrogens with zero attached hydrogens (tertiary/aromatic N) is 2. The molecule has 1 aromatic heterocycles. The number of anilines is 1. The maximum atomic E-state index is 11.5. The van der Waals surface area contributed by atoms with E-state index < -0.39 is 5.97 Å². The van der Waals surface area contributed by atoms with E-state index in [0.717, 1.165) is 37.7 Å². The fraction of sp³-hybridized carbons (Fsp3) is 0.643. The fourth-order valence-electron chi connectivity index (χ4n) is 2.42.